The lowest BCUT2D eigenvalue weighted by Gasteiger charge is -2.36. The number of aliphatic hydroxyl groups is 1. The van der Waals surface area contributed by atoms with Crippen LogP contribution in [0.4, 0.5) is 4.39 Å². The zero-order valence-corrected chi connectivity index (χ0v) is 14.6. The Hall–Kier alpha value is -2.31. The van der Waals surface area contributed by atoms with Crippen LogP contribution in [0.25, 0.3) is 11.1 Å². The lowest BCUT2D eigenvalue weighted by Crippen LogP contribution is -2.47. The molecule has 5 nitrogen and oxygen atoms in total. The molecule has 0 saturated carbocycles. The Labute approximate surface area is 152 Å². The number of carbonyl (C=O) groups is 1. The average Bonchev–Trinajstić information content (AvgIpc) is 2.69. The summed E-state index contributed by atoms with van der Waals surface area (Å²) in [6.07, 6.45) is 4.75. The number of pyridine rings is 1. The van der Waals surface area contributed by atoms with Crippen LogP contribution in [-0.2, 0) is 16.0 Å². The van der Waals surface area contributed by atoms with Crippen LogP contribution >= 0.6 is 0 Å². The number of aliphatic hydroxyl groups excluding tert-OH is 1. The zero-order chi connectivity index (χ0) is 18.4. The van der Waals surface area contributed by atoms with Crippen LogP contribution in [0.3, 0.4) is 0 Å². The molecule has 1 aromatic heterocycles. The van der Waals surface area contributed by atoms with Gasteiger partial charge in [0.1, 0.15) is 5.82 Å². The Balaban J connectivity index is 1.83. The first-order valence-corrected chi connectivity index (χ1v) is 8.80. The molecule has 1 aliphatic rings. The van der Waals surface area contributed by atoms with Gasteiger partial charge in [0.25, 0.3) is 0 Å². The van der Waals surface area contributed by atoms with Crippen molar-refractivity contribution in [3.05, 3.63) is 54.1 Å². The number of nitrogens with zero attached hydrogens (tertiary/aromatic N) is 1. The average molecular weight is 358 g/mol. The lowest BCUT2D eigenvalue weighted by molar-refractivity contribution is -0.136. The molecule has 1 saturated heterocycles. The van der Waals surface area contributed by atoms with Gasteiger partial charge in [0.05, 0.1) is 12.0 Å². The molecular formula is C20H23FN2O3. The number of hydrogen-bond acceptors (Lipinski definition) is 4. The Bertz CT molecular complexity index is 746. The molecule has 2 N–H and O–H groups in total. The summed E-state index contributed by atoms with van der Waals surface area (Å²) in [6, 6.07) is 8.78. The predicted octanol–water partition coefficient (Wildman–Crippen LogP) is 2.34. The van der Waals surface area contributed by atoms with E-state index in [9.17, 15) is 9.18 Å². The van der Waals surface area contributed by atoms with Gasteiger partial charge in [-0.25, -0.2) is 4.39 Å². The fraction of sp³-hybridized carbons (Fsp3) is 0.400. The van der Waals surface area contributed by atoms with Crippen molar-refractivity contribution in [1.82, 2.24) is 10.3 Å². The summed E-state index contributed by atoms with van der Waals surface area (Å²) in [6.45, 7) is 1.03. The molecule has 1 fully saturated rings. The number of ether oxygens (including phenoxy) is 1. The summed E-state index contributed by atoms with van der Waals surface area (Å²) in [5.74, 6) is -0.474. The molecular weight excluding hydrogens is 335 g/mol. The second-order valence-corrected chi connectivity index (χ2v) is 6.60. The van der Waals surface area contributed by atoms with Crippen LogP contribution in [0.5, 0.6) is 0 Å². The van der Waals surface area contributed by atoms with Gasteiger partial charge in [-0.2, -0.15) is 0 Å². The number of aromatic nitrogens is 1. The highest BCUT2D eigenvalue weighted by Gasteiger charge is 2.40. The topological polar surface area (TPSA) is 71.5 Å². The SMILES string of the molecule is O=C(NCCO)C1(Cc2ccc(-c3cccnc3)cc2F)CCOCC1. The van der Waals surface area contributed by atoms with E-state index in [1.807, 2.05) is 18.2 Å². The van der Waals surface area contributed by atoms with Crippen LogP contribution in [0.15, 0.2) is 42.7 Å². The second-order valence-electron chi connectivity index (χ2n) is 6.60. The first kappa shape index (κ1) is 18.5. The van der Waals surface area contributed by atoms with Gasteiger partial charge in [-0.15, -0.1) is 0 Å². The quantitative estimate of drug-likeness (QED) is 0.831. The van der Waals surface area contributed by atoms with Crippen molar-refractivity contribution in [3.8, 4) is 11.1 Å². The molecule has 2 aromatic rings. The van der Waals surface area contributed by atoms with E-state index < -0.39 is 5.41 Å². The van der Waals surface area contributed by atoms with Crippen molar-refractivity contribution in [1.29, 1.82) is 0 Å². The standard InChI is InChI=1S/C20H23FN2O3/c21-18-12-15(17-2-1-7-22-14-17)3-4-16(18)13-20(5-10-26-11-6-20)19(25)23-8-9-24/h1-4,7,12,14,24H,5-6,8-11,13H2,(H,23,25). The van der Waals surface area contributed by atoms with Crippen molar-refractivity contribution >= 4 is 5.91 Å². The molecule has 0 bridgehead atoms. The van der Waals surface area contributed by atoms with Gasteiger partial charge in [-0.3, -0.25) is 9.78 Å². The van der Waals surface area contributed by atoms with Gasteiger partial charge in [-0.05, 0) is 42.5 Å². The van der Waals surface area contributed by atoms with Crippen molar-refractivity contribution in [2.45, 2.75) is 19.3 Å². The summed E-state index contributed by atoms with van der Waals surface area (Å²) >= 11 is 0. The van der Waals surface area contributed by atoms with Gasteiger partial charge in [-0.1, -0.05) is 18.2 Å². The van der Waals surface area contributed by atoms with E-state index in [4.69, 9.17) is 9.84 Å². The zero-order valence-electron chi connectivity index (χ0n) is 14.6. The first-order valence-electron chi connectivity index (χ1n) is 8.80. The fourth-order valence-corrected chi connectivity index (χ4v) is 3.37. The molecule has 1 aliphatic heterocycles. The van der Waals surface area contributed by atoms with Gasteiger partial charge < -0.3 is 15.2 Å². The molecule has 1 aromatic carbocycles. The molecule has 0 aliphatic carbocycles. The monoisotopic (exact) mass is 358 g/mol. The Morgan fingerprint density at radius 3 is 2.73 bits per heavy atom. The highest BCUT2D eigenvalue weighted by molar-refractivity contribution is 5.83. The Morgan fingerprint density at radius 1 is 1.27 bits per heavy atom. The van der Waals surface area contributed by atoms with Crippen LogP contribution in [-0.4, -0.2) is 42.4 Å². The third-order valence-electron chi connectivity index (χ3n) is 4.91. The minimum atomic E-state index is -0.704. The number of halogens is 1. The van der Waals surface area contributed by atoms with Crippen LogP contribution in [0.2, 0.25) is 0 Å². The van der Waals surface area contributed by atoms with E-state index in [0.717, 1.165) is 11.1 Å². The molecule has 1 amide bonds. The summed E-state index contributed by atoms with van der Waals surface area (Å²) < 4.78 is 20.1. The molecule has 26 heavy (non-hydrogen) atoms. The van der Waals surface area contributed by atoms with Gasteiger partial charge >= 0.3 is 0 Å². The smallest absolute Gasteiger partial charge is 0.226 e. The number of hydrogen-bond donors (Lipinski definition) is 2. The van der Waals surface area contributed by atoms with Crippen molar-refractivity contribution < 1.29 is 19.0 Å². The van der Waals surface area contributed by atoms with Crippen LogP contribution in [0, 0.1) is 11.2 Å². The number of benzene rings is 1. The molecule has 0 unspecified atom stereocenters. The molecule has 138 valence electrons. The number of amides is 1. The molecule has 0 atom stereocenters. The fourth-order valence-electron chi connectivity index (χ4n) is 3.37. The van der Waals surface area contributed by atoms with Crippen molar-refractivity contribution in [2.75, 3.05) is 26.4 Å². The minimum Gasteiger partial charge on any atom is -0.395 e. The normalized spacial score (nSPS) is 16.2. The van der Waals surface area contributed by atoms with Crippen molar-refractivity contribution in [2.24, 2.45) is 5.41 Å². The highest BCUT2D eigenvalue weighted by atomic mass is 19.1. The molecule has 2 heterocycles. The molecule has 3 rings (SSSR count). The van der Waals surface area contributed by atoms with Crippen molar-refractivity contribution in [3.63, 3.8) is 0 Å². The van der Waals surface area contributed by atoms with Gasteiger partial charge in [0.15, 0.2) is 0 Å². The predicted molar refractivity (Wildman–Crippen MR) is 95.9 cm³/mol. The van der Waals surface area contributed by atoms with E-state index in [0.29, 0.717) is 38.0 Å². The summed E-state index contributed by atoms with van der Waals surface area (Å²) in [5.41, 5.74) is 1.41. The summed E-state index contributed by atoms with van der Waals surface area (Å²) in [4.78, 5) is 16.7. The van der Waals surface area contributed by atoms with Gasteiger partial charge in [0, 0.05) is 37.7 Å². The largest absolute Gasteiger partial charge is 0.395 e. The maximum Gasteiger partial charge on any atom is 0.226 e. The third kappa shape index (κ3) is 4.08. The number of carbonyl (C=O) groups excluding carboxylic acids is 1. The molecule has 0 radical (unpaired) electrons. The van der Waals surface area contributed by atoms with Gasteiger partial charge in [0.2, 0.25) is 5.91 Å². The maximum atomic E-state index is 14.8. The van der Waals surface area contributed by atoms with Crippen LogP contribution < -0.4 is 5.32 Å². The van der Waals surface area contributed by atoms with E-state index in [2.05, 4.69) is 10.3 Å². The summed E-state index contributed by atoms with van der Waals surface area (Å²) in [7, 11) is 0. The number of nitrogens with one attached hydrogen (secondary N) is 1. The van der Waals surface area contributed by atoms with Crippen LogP contribution in [0.1, 0.15) is 18.4 Å². The highest BCUT2D eigenvalue weighted by Crippen LogP contribution is 2.36. The number of rotatable bonds is 6. The molecule has 0 spiro atoms. The summed E-state index contributed by atoms with van der Waals surface area (Å²) in [5, 5.41) is 11.7. The van der Waals surface area contributed by atoms with E-state index >= 15 is 0 Å². The Morgan fingerprint density at radius 2 is 2.08 bits per heavy atom. The van der Waals surface area contributed by atoms with E-state index in [1.165, 1.54) is 6.07 Å². The van der Waals surface area contributed by atoms with E-state index in [1.54, 1.807) is 18.5 Å². The Kier molecular flexibility index (Phi) is 5.96. The maximum absolute atomic E-state index is 14.8. The minimum absolute atomic E-state index is 0.119. The lowest BCUT2D eigenvalue weighted by atomic mass is 9.74. The third-order valence-corrected chi connectivity index (χ3v) is 4.91. The van der Waals surface area contributed by atoms with E-state index in [-0.39, 0.29) is 24.9 Å². The molecule has 6 heteroatoms. The second kappa shape index (κ2) is 8.38. The first-order chi connectivity index (χ1) is 12.6.